The van der Waals surface area contributed by atoms with Crippen molar-refractivity contribution in [2.75, 3.05) is 25.1 Å². The average Bonchev–Trinajstić information content (AvgIpc) is 3.32. The maximum absolute atomic E-state index is 12.0. The number of hydrogen-bond acceptors (Lipinski definition) is 3. The first-order valence-electron chi connectivity index (χ1n) is 7.62. The highest BCUT2D eigenvalue weighted by atomic mass is 16.5. The number of ketones is 1. The average molecular weight is 273 g/mol. The Balaban J connectivity index is 1.92. The summed E-state index contributed by atoms with van der Waals surface area (Å²) in [5, 5.41) is 0. The SMILES string of the molecule is COc1cccc(N(CC2CC2)CC2CC2)c1C(C)=O. The maximum atomic E-state index is 12.0. The van der Waals surface area contributed by atoms with Crippen molar-refractivity contribution in [2.45, 2.75) is 32.6 Å². The van der Waals surface area contributed by atoms with Gasteiger partial charge in [-0.15, -0.1) is 0 Å². The number of anilines is 1. The first-order chi connectivity index (χ1) is 9.69. The Morgan fingerprint density at radius 1 is 1.20 bits per heavy atom. The van der Waals surface area contributed by atoms with Crippen molar-refractivity contribution in [3.05, 3.63) is 23.8 Å². The number of methoxy groups -OCH3 is 1. The largest absolute Gasteiger partial charge is 0.496 e. The van der Waals surface area contributed by atoms with Gasteiger partial charge < -0.3 is 9.64 Å². The smallest absolute Gasteiger partial charge is 0.165 e. The second-order valence-electron chi connectivity index (χ2n) is 6.20. The summed E-state index contributed by atoms with van der Waals surface area (Å²) in [7, 11) is 1.64. The molecule has 0 amide bonds. The Morgan fingerprint density at radius 2 is 1.80 bits per heavy atom. The van der Waals surface area contributed by atoms with Gasteiger partial charge >= 0.3 is 0 Å². The number of Topliss-reactive ketones (excluding diaryl/α,β-unsaturated/α-hetero) is 1. The van der Waals surface area contributed by atoms with Gasteiger partial charge in [-0.2, -0.15) is 0 Å². The van der Waals surface area contributed by atoms with Crippen LogP contribution in [0.5, 0.6) is 5.75 Å². The molecular weight excluding hydrogens is 250 g/mol. The summed E-state index contributed by atoms with van der Waals surface area (Å²) in [6.07, 6.45) is 5.34. The minimum absolute atomic E-state index is 0.0917. The summed E-state index contributed by atoms with van der Waals surface area (Å²) < 4.78 is 5.39. The minimum Gasteiger partial charge on any atom is -0.496 e. The van der Waals surface area contributed by atoms with E-state index in [0.29, 0.717) is 5.75 Å². The van der Waals surface area contributed by atoms with E-state index in [0.717, 1.165) is 36.2 Å². The van der Waals surface area contributed by atoms with Crippen molar-refractivity contribution < 1.29 is 9.53 Å². The fourth-order valence-electron chi connectivity index (χ4n) is 2.80. The van der Waals surface area contributed by atoms with Gasteiger partial charge in [0.15, 0.2) is 5.78 Å². The lowest BCUT2D eigenvalue weighted by molar-refractivity contribution is 0.101. The van der Waals surface area contributed by atoms with Crippen LogP contribution in [0.3, 0.4) is 0 Å². The van der Waals surface area contributed by atoms with Gasteiger partial charge in [0, 0.05) is 13.1 Å². The van der Waals surface area contributed by atoms with Crippen molar-refractivity contribution in [2.24, 2.45) is 11.8 Å². The number of carbonyl (C=O) groups excluding carboxylic acids is 1. The molecule has 0 aromatic heterocycles. The van der Waals surface area contributed by atoms with E-state index in [-0.39, 0.29) is 5.78 Å². The molecule has 2 saturated carbocycles. The van der Waals surface area contributed by atoms with Gasteiger partial charge in [0.1, 0.15) is 5.75 Å². The highest BCUT2D eigenvalue weighted by Gasteiger charge is 2.31. The molecule has 1 aromatic rings. The third-order valence-electron chi connectivity index (χ3n) is 4.27. The van der Waals surface area contributed by atoms with Crippen molar-refractivity contribution in [1.82, 2.24) is 0 Å². The highest BCUT2D eigenvalue weighted by molar-refractivity contribution is 6.02. The zero-order chi connectivity index (χ0) is 14.1. The Labute approximate surface area is 120 Å². The molecular formula is C17H23NO2. The molecule has 0 atom stereocenters. The van der Waals surface area contributed by atoms with Crippen LogP contribution in [0.4, 0.5) is 5.69 Å². The lowest BCUT2D eigenvalue weighted by atomic mass is 10.1. The molecule has 108 valence electrons. The molecule has 0 heterocycles. The lowest BCUT2D eigenvalue weighted by Crippen LogP contribution is -2.29. The predicted octanol–water partition coefficient (Wildman–Crippen LogP) is 3.52. The highest BCUT2D eigenvalue weighted by Crippen LogP contribution is 2.38. The summed E-state index contributed by atoms with van der Waals surface area (Å²) in [5.41, 5.74) is 1.81. The Bertz CT molecular complexity index is 490. The van der Waals surface area contributed by atoms with Gasteiger partial charge in [0.25, 0.3) is 0 Å². The second-order valence-corrected chi connectivity index (χ2v) is 6.20. The van der Waals surface area contributed by atoms with E-state index in [1.807, 2.05) is 12.1 Å². The van der Waals surface area contributed by atoms with E-state index in [4.69, 9.17) is 4.74 Å². The molecule has 3 rings (SSSR count). The summed E-state index contributed by atoms with van der Waals surface area (Å²) in [6.45, 7) is 3.81. The zero-order valence-corrected chi connectivity index (χ0v) is 12.4. The van der Waals surface area contributed by atoms with Gasteiger partial charge in [-0.25, -0.2) is 0 Å². The van der Waals surface area contributed by atoms with Gasteiger partial charge in [-0.1, -0.05) is 6.07 Å². The van der Waals surface area contributed by atoms with E-state index in [1.165, 1.54) is 25.7 Å². The van der Waals surface area contributed by atoms with Gasteiger partial charge in [0.2, 0.25) is 0 Å². The van der Waals surface area contributed by atoms with Crippen LogP contribution in [0.2, 0.25) is 0 Å². The van der Waals surface area contributed by atoms with Crippen LogP contribution < -0.4 is 9.64 Å². The Morgan fingerprint density at radius 3 is 2.25 bits per heavy atom. The fourth-order valence-corrected chi connectivity index (χ4v) is 2.80. The van der Waals surface area contributed by atoms with E-state index in [9.17, 15) is 4.79 Å². The number of carbonyl (C=O) groups is 1. The van der Waals surface area contributed by atoms with Gasteiger partial charge in [-0.3, -0.25) is 4.79 Å². The Hall–Kier alpha value is -1.51. The molecule has 3 heteroatoms. The molecule has 2 aliphatic rings. The molecule has 2 fully saturated rings. The van der Waals surface area contributed by atoms with Crippen molar-refractivity contribution in [3.8, 4) is 5.75 Å². The molecule has 3 nitrogen and oxygen atoms in total. The maximum Gasteiger partial charge on any atom is 0.165 e. The molecule has 20 heavy (non-hydrogen) atoms. The van der Waals surface area contributed by atoms with Crippen LogP contribution in [0.1, 0.15) is 43.0 Å². The summed E-state index contributed by atoms with van der Waals surface area (Å²) >= 11 is 0. The van der Waals surface area contributed by atoms with Crippen molar-refractivity contribution in [1.29, 1.82) is 0 Å². The predicted molar refractivity (Wildman–Crippen MR) is 80.7 cm³/mol. The zero-order valence-electron chi connectivity index (χ0n) is 12.4. The van der Waals surface area contributed by atoms with E-state index in [2.05, 4.69) is 11.0 Å². The van der Waals surface area contributed by atoms with Gasteiger partial charge in [-0.05, 0) is 56.6 Å². The first kappa shape index (κ1) is 13.5. The van der Waals surface area contributed by atoms with Crippen molar-refractivity contribution in [3.63, 3.8) is 0 Å². The van der Waals surface area contributed by atoms with Crippen molar-refractivity contribution >= 4 is 11.5 Å². The number of ether oxygens (including phenoxy) is 1. The quantitative estimate of drug-likeness (QED) is 0.712. The third kappa shape index (κ3) is 2.97. The standard InChI is InChI=1S/C17H23NO2/c1-12(19)17-15(4-3-5-16(17)20-2)18(10-13-6-7-13)11-14-8-9-14/h3-5,13-14H,6-11H2,1-2H3. The van der Waals surface area contributed by atoms with E-state index >= 15 is 0 Å². The first-order valence-corrected chi connectivity index (χ1v) is 7.62. The molecule has 0 unspecified atom stereocenters. The molecule has 0 spiro atoms. The molecule has 0 radical (unpaired) electrons. The van der Waals surface area contributed by atoms with E-state index in [1.54, 1.807) is 14.0 Å². The summed E-state index contributed by atoms with van der Waals surface area (Å²) in [6, 6.07) is 5.95. The summed E-state index contributed by atoms with van der Waals surface area (Å²) in [4.78, 5) is 14.5. The number of hydrogen-bond donors (Lipinski definition) is 0. The molecule has 0 N–H and O–H groups in total. The molecule has 0 aliphatic heterocycles. The number of rotatable bonds is 7. The molecule has 1 aromatic carbocycles. The number of benzene rings is 1. The molecule has 0 saturated heterocycles. The van der Waals surface area contributed by atoms with Crippen LogP contribution >= 0.6 is 0 Å². The Kier molecular flexibility index (Phi) is 3.68. The normalized spacial score (nSPS) is 17.9. The van der Waals surface area contributed by atoms with E-state index < -0.39 is 0 Å². The molecule has 2 aliphatic carbocycles. The molecule has 0 bridgehead atoms. The van der Waals surface area contributed by atoms with Crippen LogP contribution in [-0.4, -0.2) is 26.0 Å². The minimum atomic E-state index is 0.0917. The third-order valence-corrected chi connectivity index (χ3v) is 4.27. The van der Waals surface area contributed by atoms with Crippen LogP contribution in [0.15, 0.2) is 18.2 Å². The van der Waals surface area contributed by atoms with Crippen LogP contribution in [0.25, 0.3) is 0 Å². The van der Waals surface area contributed by atoms with Crippen LogP contribution in [0, 0.1) is 11.8 Å². The number of nitrogens with zero attached hydrogens (tertiary/aromatic N) is 1. The fraction of sp³-hybridized carbons (Fsp3) is 0.588. The van der Waals surface area contributed by atoms with Crippen LogP contribution in [-0.2, 0) is 0 Å². The second kappa shape index (κ2) is 5.47. The topological polar surface area (TPSA) is 29.5 Å². The van der Waals surface area contributed by atoms with Gasteiger partial charge in [0.05, 0.1) is 18.4 Å². The monoisotopic (exact) mass is 273 g/mol. The lowest BCUT2D eigenvalue weighted by Gasteiger charge is -2.27. The summed E-state index contributed by atoms with van der Waals surface area (Å²) in [5.74, 6) is 2.43.